The number of phenolic OH excluding ortho intramolecular Hbond substituents is 2. The van der Waals surface area contributed by atoms with Crippen LogP contribution in [-0.2, 0) is 0 Å². The Balaban J connectivity index is 2.14. The van der Waals surface area contributed by atoms with E-state index in [0.717, 1.165) is 24.0 Å². The van der Waals surface area contributed by atoms with Gasteiger partial charge < -0.3 is 10.2 Å². The van der Waals surface area contributed by atoms with Gasteiger partial charge in [-0.3, -0.25) is 0 Å². The van der Waals surface area contributed by atoms with Crippen LogP contribution < -0.4 is 0 Å². The molecule has 2 aromatic rings. The van der Waals surface area contributed by atoms with E-state index < -0.39 is 0 Å². The number of hydrogen-bond acceptors (Lipinski definition) is 2. The van der Waals surface area contributed by atoms with Crippen LogP contribution in [0.1, 0.15) is 49.7 Å². The van der Waals surface area contributed by atoms with Crippen molar-refractivity contribution in [1.82, 2.24) is 0 Å². The van der Waals surface area contributed by atoms with E-state index >= 15 is 0 Å². The lowest BCUT2D eigenvalue weighted by Crippen LogP contribution is -2.05. The number of halogens is 1. The van der Waals surface area contributed by atoms with Gasteiger partial charge in [-0.05, 0) is 72.6 Å². The quantitative estimate of drug-likeness (QED) is 0.613. The molecule has 1 fully saturated rings. The molecule has 0 spiro atoms. The summed E-state index contributed by atoms with van der Waals surface area (Å²) >= 11 is 6.00. The van der Waals surface area contributed by atoms with Crippen molar-refractivity contribution < 1.29 is 10.2 Å². The van der Waals surface area contributed by atoms with E-state index in [-0.39, 0.29) is 11.5 Å². The van der Waals surface area contributed by atoms with Crippen LogP contribution in [0.5, 0.6) is 11.5 Å². The average molecular weight is 357 g/mol. The molecule has 3 rings (SSSR count). The van der Waals surface area contributed by atoms with Gasteiger partial charge in [-0.25, -0.2) is 0 Å². The fraction of sp³-hybridized carbons (Fsp3) is 0.364. The molecule has 1 aliphatic rings. The Morgan fingerprint density at radius 2 is 1.32 bits per heavy atom. The van der Waals surface area contributed by atoms with Gasteiger partial charge in [0.1, 0.15) is 11.5 Å². The maximum atomic E-state index is 9.67. The topological polar surface area (TPSA) is 40.5 Å². The molecule has 2 N–H and O–H groups in total. The van der Waals surface area contributed by atoms with Gasteiger partial charge in [-0.15, -0.1) is 11.6 Å². The molecular formula is C22H25ClO2. The van der Waals surface area contributed by atoms with Gasteiger partial charge in [-0.2, -0.15) is 0 Å². The van der Waals surface area contributed by atoms with Crippen molar-refractivity contribution in [1.29, 1.82) is 0 Å². The molecule has 25 heavy (non-hydrogen) atoms. The van der Waals surface area contributed by atoms with Gasteiger partial charge in [-0.1, -0.05) is 42.7 Å². The Bertz CT molecular complexity index is 663. The van der Waals surface area contributed by atoms with Crippen molar-refractivity contribution in [3.05, 3.63) is 65.2 Å². The number of benzene rings is 2. The van der Waals surface area contributed by atoms with Crippen molar-refractivity contribution in [2.45, 2.75) is 38.5 Å². The van der Waals surface area contributed by atoms with Gasteiger partial charge in [0.05, 0.1) is 0 Å². The summed E-state index contributed by atoms with van der Waals surface area (Å²) in [6, 6.07) is 14.9. The smallest absolute Gasteiger partial charge is 0.115 e. The molecule has 1 saturated carbocycles. The van der Waals surface area contributed by atoms with E-state index in [9.17, 15) is 10.2 Å². The molecule has 0 saturated heterocycles. The van der Waals surface area contributed by atoms with Gasteiger partial charge in [0.2, 0.25) is 0 Å². The standard InChI is InChI=1S/C22H25ClO2/c23-15-3-6-21(16-4-1-2-5-16)22(17-7-11-19(24)12-8-17)18-9-13-20(25)14-10-18/h7-14,16,24-25H,1-6,15H2. The lowest BCUT2D eigenvalue weighted by Gasteiger charge is -2.22. The number of hydrogen-bond donors (Lipinski definition) is 2. The van der Waals surface area contributed by atoms with E-state index in [1.807, 2.05) is 24.3 Å². The highest BCUT2D eigenvalue weighted by Gasteiger charge is 2.23. The molecule has 0 amide bonds. The second-order valence-electron chi connectivity index (χ2n) is 6.77. The van der Waals surface area contributed by atoms with Crippen molar-refractivity contribution >= 4 is 17.2 Å². The predicted molar refractivity (Wildman–Crippen MR) is 104 cm³/mol. The molecule has 1 aliphatic carbocycles. The second-order valence-corrected chi connectivity index (χ2v) is 7.15. The third-order valence-electron chi connectivity index (χ3n) is 5.06. The maximum Gasteiger partial charge on any atom is 0.115 e. The third-order valence-corrected chi connectivity index (χ3v) is 5.33. The van der Waals surface area contributed by atoms with Crippen LogP contribution in [0.2, 0.25) is 0 Å². The fourth-order valence-electron chi connectivity index (χ4n) is 3.86. The van der Waals surface area contributed by atoms with Crippen LogP contribution in [0.15, 0.2) is 54.1 Å². The van der Waals surface area contributed by atoms with Gasteiger partial charge in [0, 0.05) is 5.88 Å². The zero-order chi connectivity index (χ0) is 17.6. The molecule has 0 aromatic heterocycles. The van der Waals surface area contributed by atoms with Crippen molar-refractivity contribution in [2.24, 2.45) is 5.92 Å². The van der Waals surface area contributed by atoms with E-state index in [2.05, 4.69) is 0 Å². The second kappa shape index (κ2) is 8.44. The third kappa shape index (κ3) is 4.38. The SMILES string of the molecule is Oc1ccc(C(=C(CCCCl)C2CCCC2)c2ccc(O)cc2)cc1. The largest absolute Gasteiger partial charge is 0.508 e. The fourth-order valence-corrected chi connectivity index (χ4v) is 3.99. The maximum absolute atomic E-state index is 9.67. The summed E-state index contributed by atoms with van der Waals surface area (Å²) < 4.78 is 0. The van der Waals surface area contributed by atoms with Gasteiger partial charge >= 0.3 is 0 Å². The molecule has 2 aromatic carbocycles. The molecule has 0 aliphatic heterocycles. The first-order valence-corrected chi connectivity index (χ1v) is 9.60. The Labute approximate surface area is 154 Å². The zero-order valence-electron chi connectivity index (χ0n) is 14.4. The molecule has 2 nitrogen and oxygen atoms in total. The monoisotopic (exact) mass is 356 g/mol. The Morgan fingerprint density at radius 1 is 0.840 bits per heavy atom. The Kier molecular flexibility index (Phi) is 6.04. The summed E-state index contributed by atoms with van der Waals surface area (Å²) in [5.74, 6) is 1.81. The molecular weight excluding hydrogens is 332 g/mol. The van der Waals surface area contributed by atoms with Crippen LogP contribution in [0.4, 0.5) is 0 Å². The number of phenols is 2. The molecule has 0 heterocycles. The first-order valence-electron chi connectivity index (χ1n) is 9.07. The van der Waals surface area contributed by atoms with E-state index in [1.165, 1.54) is 36.8 Å². The normalized spacial score (nSPS) is 14.6. The van der Waals surface area contributed by atoms with Crippen molar-refractivity contribution in [3.8, 4) is 11.5 Å². The Hall–Kier alpha value is -1.93. The van der Waals surface area contributed by atoms with E-state index in [4.69, 9.17) is 11.6 Å². The highest BCUT2D eigenvalue weighted by Crippen LogP contribution is 2.40. The number of aromatic hydroxyl groups is 2. The zero-order valence-corrected chi connectivity index (χ0v) is 15.2. The van der Waals surface area contributed by atoms with Crippen LogP contribution in [0.25, 0.3) is 5.57 Å². The lowest BCUT2D eigenvalue weighted by atomic mass is 9.83. The first-order chi connectivity index (χ1) is 12.2. The highest BCUT2D eigenvalue weighted by atomic mass is 35.5. The van der Waals surface area contributed by atoms with Crippen LogP contribution in [0, 0.1) is 5.92 Å². The summed E-state index contributed by atoms with van der Waals surface area (Å²) in [5, 5.41) is 19.3. The molecule has 3 heteroatoms. The molecule has 0 bridgehead atoms. The van der Waals surface area contributed by atoms with Crippen molar-refractivity contribution in [2.75, 3.05) is 5.88 Å². The van der Waals surface area contributed by atoms with E-state index in [0.29, 0.717) is 11.8 Å². The molecule has 0 radical (unpaired) electrons. The summed E-state index contributed by atoms with van der Waals surface area (Å²) in [6.07, 6.45) is 6.99. The van der Waals surface area contributed by atoms with E-state index in [1.54, 1.807) is 24.3 Å². The van der Waals surface area contributed by atoms with Crippen LogP contribution >= 0.6 is 11.6 Å². The lowest BCUT2D eigenvalue weighted by molar-refractivity contribution is 0.475. The number of rotatable bonds is 6. The average Bonchev–Trinajstić information content (AvgIpc) is 3.15. The minimum Gasteiger partial charge on any atom is -0.508 e. The summed E-state index contributed by atoms with van der Waals surface area (Å²) in [4.78, 5) is 0. The van der Waals surface area contributed by atoms with Crippen molar-refractivity contribution in [3.63, 3.8) is 0 Å². The van der Waals surface area contributed by atoms with Crippen LogP contribution in [0.3, 0.4) is 0 Å². The van der Waals surface area contributed by atoms with Crippen LogP contribution in [-0.4, -0.2) is 16.1 Å². The predicted octanol–water partition coefficient (Wildman–Crippen LogP) is 6.11. The number of alkyl halides is 1. The van der Waals surface area contributed by atoms with Gasteiger partial charge in [0.25, 0.3) is 0 Å². The minimum absolute atomic E-state index is 0.275. The molecule has 0 atom stereocenters. The highest BCUT2D eigenvalue weighted by molar-refractivity contribution is 6.17. The first kappa shape index (κ1) is 17.9. The number of allylic oxidation sites excluding steroid dienone is 1. The summed E-state index contributed by atoms with van der Waals surface area (Å²) in [7, 11) is 0. The van der Waals surface area contributed by atoms with Gasteiger partial charge in [0.15, 0.2) is 0 Å². The molecule has 0 unspecified atom stereocenters. The summed E-state index contributed by atoms with van der Waals surface area (Å²) in [5.41, 5.74) is 4.92. The molecule has 132 valence electrons. The summed E-state index contributed by atoms with van der Waals surface area (Å²) in [6.45, 7) is 0. The minimum atomic E-state index is 0.275. The Morgan fingerprint density at radius 3 is 1.76 bits per heavy atom.